The number of nitrogens with one attached hydrogen (secondary N) is 1. The lowest BCUT2D eigenvalue weighted by Gasteiger charge is -2.32. The maximum absolute atomic E-state index is 11.2. The Labute approximate surface area is 176 Å². The van der Waals surface area contributed by atoms with E-state index in [-0.39, 0.29) is 11.4 Å². The standard InChI is InChI=1S/C21H27ClN4O3/c1-24-11-13-25(14-12-24)10-2-9-23-16-17-3-6-19(7-4-17)29-21-8-5-18(22)15-20(21)26(27)28/h3-8,15,23H,2,9-14,16H2,1H3. The summed E-state index contributed by atoms with van der Waals surface area (Å²) in [5.74, 6) is 0.725. The number of halogens is 1. The van der Waals surface area contributed by atoms with Gasteiger partial charge in [0, 0.05) is 43.8 Å². The molecule has 8 heteroatoms. The van der Waals surface area contributed by atoms with Crippen LogP contribution in [0.3, 0.4) is 0 Å². The summed E-state index contributed by atoms with van der Waals surface area (Å²) in [6.45, 7) is 7.51. The second kappa shape index (κ2) is 10.5. The second-order valence-electron chi connectivity index (χ2n) is 7.29. The molecule has 0 amide bonds. The van der Waals surface area contributed by atoms with Crippen molar-refractivity contribution in [2.75, 3.05) is 46.3 Å². The van der Waals surface area contributed by atoms with Crippen molar-refractivity contribution < 1.29 is 9.66 Å². The highest BCUT2D eigenvalue weighted by molar-refractivity contribution is 6.30. The molecular formula is C21H27ClN4O3. The number of nitro benzene ring substituents is 1. The predicted octanol–water partition coefficient (Wildman–Crippen LogP) is 3.77. The van der Waals surface area contributed by atoms with Crippen molar-refractivity contribution in [1.82, 2.24) is 15.1 Å². The van der Waals surface area contributed by atoms with Gasteiger partial charge in [-0.25, -0.2) is 0 Å². The van der Waals surface area contributed by atoms with E-state index in [2.05, 4.69) is 22.2 Å². The number of hydrogen-bond donors (Lipinski definition) is 1. The topological polar surface area (TPSA) is 70.9 Å². The second-order valence-corrected chi connectivity index (χ2v) is 7.73. The molecular weight excluding hydrogens is 392 g/mol. The van der Waals surface area contributed by atoms with Crippen LogP contribution in [0.5, 0.6) is 11.5 Å². The van der Waals surface area contributed by atoms with Gasteiger partial charge in [0.15, 0.2) is 0 Å². The molecule has 0 aromatic heterocycles. The van der Waals surface area contributed by atoms with Crippen LogP contribution in [0.15, 0.2) is 42.5 Å². The number of nitrogens with zero attached hydrogens (tertiary/aromatic N) is 3. The number of rotatable bonds is 9. The van der Waals surface area contributed by atoms with Crippen LogP contribution in [0.1, 0.15) is 12.0 Å². The van der Waals surface area contributed by atoms with Crippen LogP contribution in [0.4, 0.5) is 5.69 Å². The van der Waals surface area contributed by atoms with E-state index in [0.29, 0.717) is 10.8 Å². The summed E-state index contributed by atoms with van der Waals surface area (Å²) in [7, 11) is 2.17. The van der Waals surface area contributed by atoms with E-state index in [4.69, 9.17) is 16.3 Å². The molecule has 0 spiro atoms. The highest BCUT2D eigenvalue weighted by Crippen LogP contribution is 2.33. The Balaban J connectivity index is 1.42. The average molecular weight is 419 g/mol. The number of piperazine rings is 1. The minimum Gasteiger partial charge on any atom is -0.450 e. The molecule has 156 valence electrons. The third-order valence-corrected chi connectivity index (χ3v) is 5.26. The third kappa shape index (κ3) is 6.68. The molecule has 0 atom stereocenters. The summed E-state index contributed by atoms with van der Waals surface area (Å²) in [5, 5.41) is 14.9. The monoisotopic (exact) mass is 418 g/mol. The van der Waals surface area contributed by atoms with Crippen LogP contribution in [0, 0.1) is 10.1 Å². The van der Waals surface area contributed by atoms with Gasteiger partial charge in [-0.05, 0) is 56.4 Å². The maximum Gasteiger partial charge on any atom is 0.313 e. The van der Waals surface area contributed by atoms with E-state index in [1.807, 2.05) is 24.3 Å². The summed E-state index contributed by atoms with van der Waals surface area (Å²) in [6, 6.07) is 11.9. The maximum atomic E-state index is 11.2. The molecule has 0 saturated carbocycles. The molecule has 7 nitrogen and oxygen atoms in total. The van der Waals surface area contributed by atoms with Gasteiger partial charge in [0.25, 0.3) is 0 Å². The third-order valence-electron chi connectivity index (χ3n) is 5.02. The Kier molecular flexibility index (Phi) is 7.83. The predicted molar refractivity (Wildman–Crippen MR) is 115 cm³/mol. The summed E-state index contributed by atoms with van der Waals surface area (Å²) in [5.41, 5.74) is 0.992. The van der Waals surface area contributed by atoms with Gasteiger partial charge >= 0.3 is 5.69 Å². The van der Waals surface area contributed by atoms with Crippen molar-refractivity contribution in [1.29, 1.82) is 0 Å². The van der Waals surface area contributed by atoms with E-state index in [1.54, 1.807) is 6.07 Å². The zero-order valence-electron chi connectivity index (χ0n) is 16.6. The lowest BCUT2D eigenvalue weighted by molar-refractivity contribution is -0.385. The summed E-state index contributed by atoms with van der Waals surface area (Å²) in [4.78, 5) is 15.5. The molecule has 0 radical (unpaired) electrons. The fourth-order valence-corrected chi connectivity index (χ4v) is 3.42. The SMILES string of the molecule is CN1CCN(CCCNCc2ccc(Oc3ccc(Cl)cc3[N+](=O)[O-])cc2)CC1. The molecule has 0 bridgehead atoms. The van der Waals surface area contributed by atoms with Crippen LogP contribution in [-0.2, 0) is 6.54 Å². The largest absolute Gasteiger partial charge is 0.450 e. The first-order valence-electron chi connectivity index (χ1n) is 9.83. The summed E-state index contributed by atoms with van der Waals surface area (Å²) >= 11 is 5.83. The Morgan fingerprint density at radius 1 is 1.14 bits per heavy atom. The van der Waals surface area contributed by atoms with Crippen molar-refractivity contribution in [2.24, 2.45) is 0 Å². The van der Waals surface area contributed by atoms with Crippen LogP contribution in [0.25, 0.3) is 0 Å². The molecule has 1 aliphatic rings. The van der Waals surface area contributed by atoms with Gasteiger partial charge in [-0.1, -0.05) is 23.7 Å². The number of ether oxygens (including phenoxy) is 1. The van der Waals surface area contributed by atoms with Gasteiger partial charge < -0.3 is 19.9 Å². The summed E-state index contributed by atoms with van der Waals surface area (Å²) in [6.07, 6.45) is 1.13. The van der Waals surface area contributed by atoms with Crippen LogP contribution in [-0.4, -0.2) is 61.0 Å². The van der Waals surface area contributed by atoms with Gasteiger partial charge in [-0.15, -0.1) is 0 Å². The molecule has 1 saturated heterocycles. The molecule has 2 aromatic carbocycles. The Morgan fingerprint density at radius 2 is 1.86 bits per heavy atom. The molecule has 1 fully saturated rings. The Hall–Kier alpha value is -2.19. The lowest BCUT2D eigenvalue weighted by atomic mass is 10.2. The normalized spacial score (nSPS) is 15.4. The number of likely N-dealkylation sites (N-methyl/N-ethyl adjacent to an activating group) is 1. The number of hydrogen-bond acceptors (Lipinski definition) is 6. The van der Waals surface area contributed by atoms with Crippen molar-refractivity contribution in [2.45, 2.75) is 13.0 Å². The smallest absolute Gasteiger partial charge is 0.313 e. The van der Waals surface area contributed by atoms with Gasteiger partial charge in [0.05, 0.1) is 4.92 Å². The Morgan fingerprint density at radius 3 is 2.55 bits per heavy atom. The zero-order valence-corrected chi connectivity index (χ0v) is 17.4. The van der Waals surface area contributed by atoms with Crippen molar-refractivity contribution >= 4 is 17.3 Å². The van der Waals surface area contributed by atoms with Gasteiger partial charge in [0.2, 0.25) is 5.75 Å². The van der Waals surface area contributed by atoms with Crippen molar-refractivity contribution in [3.8, 4) is 11.5 Å². The molecule has 3 rings (SSSR count). The van der Waals surface area contributed by atoms with Crippen LogP contribution < -0.4 is 10.1 Å². The van der Waals surface area contributed by atoms with Crippen molar-refractivity contribution in [3.63, 3.8) is 0 Å². The average Bonchev–Trinajstić information content (AvgIpc) is 2.71. The highest BCUT2D eigenvalue weighted by Gasteiger charge is 2.16. The van der Waals surface area contributed by atoms with Crippen LogP contribution in [0.2, 0.25) is 5.02 Å². The van der Waals surface area contributed by atoms with E-state index in [1.165, 1.54) is 12.1 Å². The first kappa shape index (κ1) is 21.5. The van der Waals surface area contributed by atoms with E-state index in [0.717, 1.165) is 57.8 Å². The summed E-state index contributed by atoms with van der Waals surface area (Å²) < 4.78 is 5.67. The minimum atomic E-state index is -0.498. The van der Waals surface area contributed by atoms with Gasteiger partial charge in [-0.2, -0.15) is 0 Å². The van der Waals surface area contributed by atoms with Gasteiger partial charge in [-0.3, -0.25) is 10.1 Å². The van der Waals surface area contributed by atoms with Crippen molar-refractivity contribution in [3.05, 3.63) is 63.2 Å². The first-order chi connectivity index (χ1) is 14.0. The van der Waals surface area contributed by atoms with E-state index in [9.17, 15) is 10.1 Å². The number of nitro groups is 1. The first-order valence-corrected chi connectivity index (χ1v) is 10.2. The molecule has 1 aliphatic heterocycles. The van der Waals surface area contributed by atoms with E-state index >= 15 is 0 Å². The molecule has 1 N–H and O–H groups in total. The number of benzene rings is 2. The molecule has 2 aromatic rings. The molecule has 0 unspecified atom stereocenters. The zero-order chi connectivity index (χ0) is 20.6. The fourth-order valence-electron chi connectivity index (χ4n) is 3.25. The minimum absolute atomic E-state index is 0.149. The molecule has 0 aliphatic carbocycles. The fraction of sp³-hybridized carbons (Fsp3) is 0.429. The highest BCUT2D eigenvalue weighted by atomic mass is 35.5. The lowest BCUT2D eigenvalue weighted by Crippen LogP contribution is -2.45. The quantitative estimate of drug-likeness (QED) is 0.379. The molecule has 1 heterocycles. The Bertz CT molecular complexity index is 808. The molecule has 29 heavy (non-hydrogen) atoms. The van der Waals surface area contributed by atoms with Crippen LogP contribution >= 0.6 is 11.6 Å². The van der Waals surface area contributed by atoms with E-state index < -0.39 is 4.92 Å². The van der Waals surface area contributed by atoms with Gasteiger partial charge in [0.1, 0.15) is 5.75 Å².